The third-order valence-corrected chi connectivity index (χ3v) is 5.25. The molecule has 0 saturated heterocycles. The Bertz CT molecular complexity index is 1250. The molecule has 2 aromatic carbocycles. The van der Waals surface area contributed by atoms with Crippen LogP contribution in [0.3, 0.4) is 0 Å². The Labute approximate surface area is 179 Å². The quantitative estimate of drug-likeness (QED) is 0.516. The van der Waals surface area contributed by atoms with Crippen molar-refractivity contribution in [3.63, 3.8) is 0 Å². The van der Waals surface area contributed by atoms with Gasteiger partial charge in [-0.15, -0.1) is 0 Å². The van der Waals surface area contributed by atoms with Crippen molar-refractivity contribution in [2.45, 2.75) is 19.5 Å². The van der Waals surface area contributed by atoms with E-state index in [1.54, 1.807) is 30.5 Å². The minimum absolute atomic E-state index is 0.0900. The molecule has 4 rings (SSSR count). The van der Waals surface area contributed by atoms with E-state index in [2.05, 4.69) is 10.3 Å². The lowest BCUT2D eigenvalue weighted by molar-refractivity contribution is 0.0938. The number of pyridine rings is 2. The molecule has 0 aliphatic heterocycles. The summed E-state index contributed by atoms with van der Waals surface area (Å²) in [6, 6.07) is 21.9. The zero-order valence-corrected chi connectivity index (χ0v) is 17.1. The molecule has 0 aliphatic carbocycles. The van der Waals surface area contributed by atoms with Gasteiger partial charge in [-0.25, -0.2) is 4.98 Å². The number of nitrogens with zero attached hydrogens (tertiary/aromatic N) is 2. The maximum atomic E-state index is 13.2. The van der Waals surface area contributed by atoms with Gasteiger partial charge in [0, 0.05) is 16.6 Å². The Kier molecular flexibility index (Phi) is 5.63. The molecule has 0 aliphatic rings. The first-order valence-electron chi connectivity index (χ1n) is 9.62. The van der Waals surface area contributed by atoms with Crippen LogP contribution >= 0.6 is 11.6 Å². The van der Waals surface area contributed by atoms with Crippen LogP contribution in [0.1, 0.15) is 34.5 Å². The largest absolute Gasteiger partial charge is 0.345 e. The molecular weight excluding hydrogens is 398 g/mol. The maximum Gasteiger partial charge on any atom is 0.265 e. The number of hydrogen-bond acceptors (Lipinski definition) is 3. The number of carbonyl (C=O) groups excluding carboxylic acids is 1. The number of rotatable bonds is 5. The topological polar surface area (TPSA) is 64.0 Å². The fourth-order valence-electron chi connectivity index (χ4n) is 3.39. The summed E-state index contributed by atoms with van der Waals surface area (Å²) in [5.74, 6) is -0.410. The molecule has 6 heteroatoms. The molecule has 1 N–H and O–H groups in total. The molecule has 5 nitrogen and oxygen atoms in total. The van der Waals surface area contributed by atoms with Crippen molar-refractivity contribution in [1.29, 1.82) is 0 Å². The van der Waals surface area contributed by atoms with Crippen LogP contribution in [-0.2, 0) is 6.54 Å². The Morgan fingerprint density at radius 2 is 1.80 bits per heavy atom. The Balaban J connectivity index is 1.73. The monoisotopic (exact) mass is 417 g/mol. The van der Waals surface area contributed by atoms with E-state index in [9.17, 15) is 9.59 Å². The molecule has 0 bridgehead atoms. The number of halogens is 1. The fourth-order valence-corrected chi connectivity index (χ4v) is 3.51. The van der Waals surface area contributed by atoms with Crippen LogP contribution in [0.2, 0.25) is 5.02 Å². The smallest absolute Gasteiger partial charge is 0.265 e. The average Bonchev–Trinajstić information content (AvgIpc) is 2.77. The highest BCUT2D eigenvalue weighted by atomic mass is 35.5. The van der Waals surface area contributed by atoms with E-state index in [4.69, 9.17) is 11.6 Å². The molecule has 150 valence electrons. The molecule has 4 aromatic rings. The highest BCUT2D eigenvalue weighted by Gasteiger charge is 2.18. The molecule has 1 amide bonds. The van der Waals surface area contributed by atoms with Crippen molar-refractivity contribution >= 4 is 28.5 Å². The predicted octanol–water partition coefficient (Wildman–Crippen LogP) is 4.59. The first-order chi connectivity index (χ1) is 14.5. The minimum Gasteiger partial charge on any atom is -0.345 e. The minimum atomic E-state index is -0.410. The lowest BCUT2D eigenvalue weighted by Gasteiger charge is -2.16. The van der Waals surface area contributed by atoms with Crippen molar-refractivity contribution in [2.75, 3.05) is 0 Å². The second-order valence-corrected chi connectivity index (χ2v) is 7.53. The van der Waals surface area contributed by atoms with E-state index < -0.39 is 5.91 Å². The van der Waals surface area contributed by atoms with Gasteiger partial charge in [-0.1, -0.05) is 54.1 Å². The van der Waals surface area contributed by atoms with Gasteiger partial charge in [-0.3, -0.25) is 14.2 Å². The van der Waals surface area contributed by atoms with Crippen molar-refractivity contribution in [3.05, 3.63) is 111 Å². The van der Waals surface area contributed by atoms with E-state index in [0.717, 1.165) is 16.5 Å². The molecule has 1 atom stereocenters. The van der Waals surface area contributed by atoms with Crippen LogP contribution in [0.5, 0.6) is 0 Å². The van der Waals surface area contributed by atoms with Crippen LogP contribution in [0, 0.1) is 0 Å². The molecule has 0 saturated carbocycles. The van der Waals surface area contributed by atoms with Gasteiger partial charge in [-0.2, -0.15) is 0 Å². The summed E-state index contributed by atoms with van der Waals surface area (Å²) in [6.45, 7) is 2.18. The average molecular weight is 418 g/mol. The van der Waals surface area contributed by atoms with Gasteiger partial charge in [0.15, 0.2) is 0 Å². The molecule has 2 heterocycles. The molecule has 30 heavy (non-hydrogen) atoms. The van der Waals surface area contributed by atoms with Crippen molar-refractivity contribution in [2.24, 2.45) is 0 Å². The van der Waals surface area contributed by atoms with E-state index in [0.29, 0.717) is 17.2 Å². The molecule has 0 unspecified atom stereocenters. The van der Waals surface area contributed by atoms with Crippen molar-refractivity contribution in [3.8, 4) is 0 Å². The second-order valence-electron chi connectivity index (χ2n) is 7.10. The van der Waals surface area contributed by atoms with Gasteiger partial charge < -0.3 is 5.32 Å². The van der Waals surface area contributed by atoms with Crippen LogP contribution in [-0.4, -0.2) is 15.5 Å². The van der Waals surface area contributed by atoms with Crippen LogP contribution in [0.15, 0.2) is 83.8 Å². The van der Waals surface area contributed by atoms with Gasteiger partial charge >= 0.3 is 0 Å². The molecule has 0 radical (unpaired) electrons. The summed E-state index contributed by atoms with van der Waals surface area (Å²) >= 11 is 5.97. The summed E-state index contributed by atoms with van der Waals surface area (Å²) in [4.78, 5) is 30.6. The summed E-state index contributed by atoms with van der Waals surface area (Å²) in [5.41, 5.74) is 2.10. The highest BCUT2D eigenvalue weighted by molar-refractivity contribution is 6.30. The lowest BCUT2D eigenvalue weighted by Crippen LogP contribution is -2.35. The normalized spacial score (nSPS) is 11.9. The van der Waals surface area contributed by atoms with Gasteiger partial charge in [0.25, 0.3) is 11.5 Å². The van der Waals surface area contributed by atoms with Gasteiger partial charge in [-0.05, 0) is 48.4 Å². The number of amides is 1. The summed E-state index contributed by atoms with van der Waals surface area (Å²) in [7, 11) is 0. The van der Waals surface area contributed by atoms with Gasteiger partial charge in [0.1, 0.15) is 11.2 Å². The van der Waals surface area contributed by atoms with Crippen molar-refractivity contribution in [1.82, 2.24) is 14.9 Å². The number of fused-ring (bicyclic) bond motifs is 1. The molecule has 0 fully saturated rings. The number of hydrogen-bond donors (Lipinski definition) is 1. The third kappa shape index (κ3) is 4.11. The van der Waals surface area contributed by atoms with Crippen LogP contribution < -0.4 is 10.9 Å². The highest BCUT2D eigenvalue weighted by Crippen LogP contribution is 2.16. The van der Waals surface area contributed by atoms with Crippen LogP contribution in [0.25, 0.3) is 11.0 Å². The number of nitrogens with one attached hydrogen (secondary N) is 1. The Hall–Kier alpha value is -3.44. The number of aromatic nitrogens is 2. The lowest BCUT2D eigenvalue weighted by atomic mass is 10.1. The van der Waals surface area contributed by atoms with E-state index in [-0.39, 0.29) is 17.2 Å². The van der Waals surface area contributed by atoms with Gasteiger partial charge in [0.2, 0.25) is 0 Å². The standard InChI is InChI=1S/C24H20ClN3O2/c1-16(18-6-3-2-4-7-18)27-23(29)21-14-19-8-5-13-26-22(19)28(24(21)30)15-17-9-11-20(25)12-10-17/h2-14,16H,15H2,1H3,(H,27,29)/t16-/m0/s1. The first kappa shape index (κ1) is 19.9. The first-order valence-corrected chi connectivity index (χ1v) is 9.99. The molecular formula is C24H20ClN3O2. The SMILES string of the molecule is C[C@H](NC(=O)c1cc2cccnc2n(Cc2ccc(Cl)cc2)c1=O)c1ccccc1. The molecule has 2 aromatic heterocycles. The second kappa shape index (κ2) is 8.51. The van der Waals surface area contributed by atoms with E-state index in [1.807, 2.05) is 55.5 Å². The zero-order valence-electron chi connectivity index (χ0n) is 16.4. The van der Waals surface area contributed by atoms with Crippen LogP contribution in [0.4, 0.5) is 0 Å². The van der Waals surface area contributed by atoms with Crippen molar-refractivity contribution < 1.29 is 4.79 Å². The maximum absolute atomic E-state index is 13.2. The summed E-state index contributed by atoms with van der Waals surface area (Å²) in [5, 5.41) is 4.27. The van der Waals surface area contributed by atoms with Gasteiger partial charge in [0.05, 0.1) is 12.6 Å². The number of carbonyl (C=O) groups is 1. The fraction of sp³-hybridized carbons (Fsp3) is 0.125. The number of benzene rings is 2. The van der Waals surface area contributed by atoms with E-state index in [1.165, 1.54) is 4.57 Å². The third-order valence-electron chi connectivity index (χ3n) is 4.99. The Morgan fingerprint density at radius 3 is 2.53 bits per heavy atom. The predicted molar refractivity (Wildman–Crippen MR) is 119 cm³/mol. The summed E-state index contributed by atoms with van der Waals surface area (Å²) in [6.07, 6.45) is 1.64. The summed E-state index contributed by atoms with van der Waals surface area (Å²) < 4.78 is 1.53. The van der Waals surface area contributed by atoms with E-state index >= 15 is 0 Å². The molecule has 0 spiro atoms. The Morgan fingerprint density at radius 1 is 1.07 bits per heavy atom. The zero-order chi connectivity index (χ0) is 21.1.